The number of aromatic nitrogens is 1. The summed E-state index contributed by atoms with van der Waals surface area (Å²) in [6.07, 6.45) is 3.53. The van der Waals surface area contributed by atoms with E-state index in [0.29, 0.717) is 49.6 Å². The zero-order valence-electron chi connectivity index (χ0n) is 17.3. The number of carbonyl (C=O) groups is 2. The Labute approximate surface area is 184 Å². The number of rotatable bonds is 8. The molecule has 32 heavy (non-hydrogen) atoms. The molecule has 0 fully saturated rings. The molecule has 3 aromatic rings. The fraction of sp³-hybridized carbons (Fsp3) is 0.208. The number of nitrogens with one attached hydrogen (secondary N) is 2. The Bertz CT molecular complexity index is 1100. The zero-order valence-corrected chi connectivity index (χ0v) is 17.3. The molecule has 2 N–H and O–H groups in total. The number of fused-ring (bicyclic) bond motifs is 1. The van der Waals surface area contributed by atoms with Crippen LogP contribution in [0, 0.1) is 5.82 Å². The molecule has 2 heterocycles. The highest BCUT2D eigenvalue weighted by atomic mass is 19.1. The number of amides is 2. The molecule has 0 spiro atoms. The van der Waals surface area contributed by atoms with Crippen LogP contribution in [0.3, 0.4) is 0 Å². The number of carbonyl (C=O) groups excluding carboxylic acids is 2. The number of aryl methyl sites for hydroxylation is 1. The molecule has 1 aromatic heterocycles. The second kappa shape index (κ2) is 9.91. The summed E-state index contributed by atoms with van der Waals surface area (Å²) in [5.74, 6) is 1.08. The molecule has 0 saturated carbocycles. The molecule has 0 unspecified atom stereocenters. The van der Waals surface area contributed by atoms with E-state index in [0.717, 1.165) is 17.0 Å². The van der Waals surface area contributed by atoms with Crippen LogP contribution in [0.15, 0.2) is 60.8 Å². The van der Waals surface area contributed by atoms with E-state index in [4.69, 9.17) is 9.47 Å². The van der Waals surface area contributed by atoms with Crippen molar-refractivity contribution >= 4 is 23.2 Å². The molecule has 7 nitrogen and oxygen atoms in total. The third-order valence-electron chi connectivity index (χ3n) is 4.85. The minimum Gasteiger partial charge on any atom is -0.494 e. The van der Waals surface area contributed by atoms with E-state index >= 15 is 0 Å². The fourth-order valence-corrected chi connectivity index (χ4v) is 3.23. The zero-order chi connectivity index (χ0) is 22.3. The normalized spacial score (nSPS) is 12.5. The number of ether oxygens (including phenoxy) is 2. The average Bonchev–Trinajstić information content (AvgIpc) is 2.79. The predicted octanol–water partition coefficient (Wildman–Crippen LogP) is 4.70. The van der Waals surface area contributed by atoms with Crippen molar-refractivity contribution < 1.29 is 23.5 Å². The average molecular weight is 435 g/mol. The van der Waals surface area contributed by atoms with E-state index in [2.05, 4.69) is 15.6 Å². The van der Waals surface area contributed by atoms with Crippen LogP contribution in [0.1, 0.15) is 24.8 Å². The molecule has 0 radical (unpaired) electrons. The minimum absolute atomic E-state index is 0.0300. The first kappa shape index (κ1) is 21.3. The van der Waals surface area contributed by atoms with Crippen molar-refractivity contribution in [2.75, 3.05) is 17.2 Å². The van der Waals surface area contributed by atoms with Gasteiger partial charge in [-0.3, -0.25) is 9.59 Å². The van der Waals surface area contributed by atoms with Crippen molar-refractivity contribution in [3.8, 4) is 17.4 Å². The molecule has 1 aliphatic rings. The topological polar surface area (TPSA) is 89.6 Å². The molecule has 4 rings (SSSR count). The summed E-state index contributed by atoms with van der Waals surface area (Å²) in [6.45, 7) is 0.404. The van der Waals surface area contributed by atoms with Crippen LogP contribution in [0.25, 0.3) is 0 Å². The molecule has 8 heteroatoms. The van der Waals surface area contributed by atoms with E-state index in [1.165, 1.54) is 30.5 Å². The monoisotopic (exact) mass is 435 g/mol. The van der Waals surface area contributed by atoms with E-state index in [9.17, 15) is 14.0 Å². The van der Waals surface area contributed by atoms with Crippen LogP contribution in [0.4, 0.5) is 15.8 Å². The number of hydrogen-bond donors (Lipinski definition) is 2. The summed E-state index contributed by atoms with van der Waals surface area (Å²) in [7, 11) is 0. The van der Waals surface area contributed by atoms with Crippen molar-refractivity contribution in [3.05, 3.63) is 72.2 Å². The molecule has 0 atom stereocenters. The first-order chi connectivity index (χ1) is 15.5. The van der Waals surface area contributed by atoms with Gasteiger partial charge in [-0.15, -0.1) is 0 Å². The second-order valence-electron chi connectivity index (χ2n) is 7.31. The van der Waals surface area contributed by atoms with Gasteiger partial charge in [-0.05, 0) is 66.9 Å². The van der Waals surface area contributed by atoms with Crippen molar-refractivity contribution in [3.63, 3.8) is 0 Å². The first-order valence-electron chi connectivity index (χ1n) is 10.3. The van der Waals surface area contributed by atoms with Crippen molar-refractivity contribution in [2.24, 2.45) is 0 Å². The Morgan fingerprint density at radius 3 is 2.66 bits per heavy atom. The first-order valence-corrected chi connectivity index (χ1v) is 10.3. The van der Waals surface area contributed by atoms with Crippen molar-refractivity contribution in [2.45, 2.75) is 25.7 Å². The van der Waals surface area contributed by atoms with Gasteiger partial charge in [0.15, 0.2) is 0 Å². The maximum Gasteiger partial charge on any atom is 0.224 e. The Morgan fingerprint density at radius 1 is 1.06 bits per heavy atom. The predicted molar refractivity (Wildman–Crippen MR) is 117 cm³/mol. The number of pyridine rings is 1. The molecule has 2 aromatic carbocycles. The Kier molecular flexibility index (Phi) is 6.60. The summed E-state index contributed by atoms with van der Waals surface area (Å²) < 4.78 is 24.2. The Hall–Kier alpha value is -3.94. The highest BCUT2D eigenvalue weighted by Gasteiger charge is 2.15. The lowest BCUT2D eigenvalue weighted by Gasteiger charge is -2.17. The number of anilines is 2. The lowest BCUT2D eigenvalue weighted by molar-refractivity contribution is -0.117. The van der Waals surface area contributed by atoms with Crippen LogP contribution < -0.4 is 20.1 Å². The van der Waals surface area contributed by atoms with E-state index < -0.39 is 0 Å². The number of halogens is 1. The van der Waals surface area contributed by atoms with Gasteiger partial charge in [-0.2, -0.15) is 0 Å². The van der Waals surface area contributed by atoms with Gasteiger partial charge in [0, 0.05) is 24.6 Å². The van der Waals surface area contributed by atoms with Gasteiger partial charge in [0.1, 0.15) is 17.3 Å². The summed E-state index contributed by atoms with van der Waals surface area (Å²) in [4.78, 5) is 27.7. The van der Waals surface area contributed by atoms with Gasteiger partial charge in [0.05, 0.1) is 18.5 Å². The maximum absolute atomic E-state index is 12.9. The van der Waals surface area contributed by atoms with Crippen LogP contribution in [0.2, 0.25) is 0 Å². The molecular formula is C24H22FN3O4. The molecular weight excluding hydrogens is 413 g/mol. The van der Waals surface area contributed by atoms with Gasteiger partial charge in [-0.25, -0.2) is 9.37 Å². The van der Waals surface area contributed by atoms with Crippen LogP contribution >= 0.6 is 0 Å². The molecule has 0 saturated heterocycles. The van der Waals surface area contributed by atoms with Gasteiger partial charge in [0.2, 0.25) is 17.7 Å². The fourth-order valence-electron chi connectivity index (χ4n) is 3.23. The van der Waals surface area contributed by atoms with Gasteiger partial charge in [-0.1, -0.05) is 0 Å². The highest BCUT2D eigenvalue weighted by Crippen LogP contribution is 2.27. The van der Waals surface area contributed by atoms with Crippen molar-refractivity contribution in [1.29, 1.82) is 0 Å². The maximum atomic E-state index is 12.9. The molecule has 0 bridgehead atoms. The lowest BCUT2D eigenvalue weighted by Crippen LogP contribution is -2.18. The van der Waals surface area contributed by atoms with Crippen molar-refractivity contribution in [1.82, 2.24) is 4.98 Å². The largest absolute Gasteiger partial charge is 0.494 e. The smallest absolute Gasteiger partial charge is 0.224 e. The molecule has 164 valence electrons. The van der Waals surface area contributed by atoms with E-state index in [1.54, 1.807) is 12.1 Å². The van der Waals surface area contributed by atoms with E-state index in [-0.39, 0.29) is 17.6 Å². The quantitative estimate of drug-likeness (QED) is 0.501. The number of benzene rings is 2. The highest BCUT2D eigenvalue weighted by molar-refractivity contribution is 5.94. The lowest BCUT2D eigenvalue weighted by atomic mass is 10.0. The molecule has 1 aliphatic heterocycles. The Balaban J connectivity index is 1.19. The minimum atomic E-state index is -0.341. The number of nitrogens with zero attached hydrogens (tertiary/aromatic N) is 1. The SMILES string of the molecule is O=C(CCCOc1ccc2c(c1)CCC(=O)N2)Nc1ccc(Oc2ccc(F)cc2)nc1. The third-order valence-corrected chi connectivity index (χ3v) is 4.85. The van der Waals surface area contributed by atoms with E-state index in [1.807, 2.05) is 18.2 Å². The van der Waals surface area contributed by atoms with Crippen LogP contribution in [0.5, 0.6) is 17.4 Å². The Morgan fingerprint density at radius 2 is 1.88 bits per heavy atom. The summed E-state index contributed by atoms with van der Waals surface area (Å²) in [6, 6.07) is 14.5. The van der Waals surface area contributed by atoms with Crippen LogP contribution in [-0.2, 0) is 16.0 Å². The summed E-state index contributed by atoms with van der Waals surface area (Å²) in [5.41, 5.74) is 2.44. The summed E-state index contributed by atoms with van der Waals surface area (Å²) in [5, 5.41) is 5.62. The summed E-state index contributed by atoms with van der Waals surface area (Å²) >= 11 is 0. The van der Waals surface area contributed by atoms with Gasteiger partial charge in [0.25, 0.3) is 0 Å². The second-order valence-corrected chi connectivity index (χ2v) is 7.31. The molecule has 2 amide bonds. The van der Waals surface area contributed by atoms with Crippen LogP contribution in [-0.4, -0.2) is 23.4 Å². The third kappa shape index (κ3) is 5.81. The molecule has 0 aliphatic carbocycles. The van der Waals surface area contributed by atoms with Gasteiger partial charge >= 0.3 is 0 Å². The number of hydrogen-bond acceptors (Lipinski definition) is 5. The standard InChI is InChI=1S/C24H22FN3O4/c25-17-4-7-19(8-5-17)32-24-12-6-18(15-26-24)27-22(29)2-1-13-31-20-9-10-21-16(14-20)3-11-23(30)28-21/h4-10,12,14-15H,1-3,11,13H2,(H,27,29)(H,28,30). The van der Waals surface area contributed by atoms with Gasteiger partial charge < -0.3 is 20.1 Å².